The Morgan fingerprint density at radius 1 is 1.17 bits per heavy atom. The number of halogens is 4. The van der Waals surface area contributed by atoms with Gasteiger partial charge in [-0.25, -0.2) is 0 Å². The number of alkyl halides is 4. The van der Waals surface area contributed by atoms with Crippen molar-refractivity contribution in [2.75, 3.05) is 0 Å². The SMILES string of the molecule is FC(F)(Br)[C@H]1C2C3C[C@@H]1[C@H](Br)C32. The van der Waals surface area contributed by atoms with Crippen molar-refractivity contribution in [2.24, 2.45) is 29.6 Å². The third-order valence-corrected chi connectivity index (χ3v) is 5.69. The maximum Gasteiger partial charge on any atom is 0.304 e. The molecule has 4 saturated carbocycles. The summed E-state index contributed by atoms with van der Waals surface area (Å²) in [5, 5.41) is 0. The standard InChI is InChI=1S/C8H8Br2F2/c9-7-3-1-2-4(5(2)7)6(3)8(10,11)12/h2-7H,1H2/t2?,3-,4?,5?,6+,7-/m0/s1. The van der Waals surface area contributed by atoms with E-state index in [-0.39, 0.29) is 5.92 Å². The Bertz CT molecular complexity index is 238. The average molecular weight is 302 g/mol. The minimum Gasteiger partial charge on any atom is -0.193 e. The average Bonchev–Trinajstić information content (AvgIpc) is 2.33. The predicted molar refractivity (Wildman–Crippen MR) is 48.7 cm³/mol. The van der Waals surface area contributed by atoms with Gasteiger partial charge in [0.1, 0.15) is 0 Å². The van der Waals surface area contributed by atoms with Crippen molar-refractivity contribution in [3.05, 3.63) is 0 Å². The fourth-order valence-electron chi connectivity index (χ4n) is 3.52. The van der Waals surface area contributed by atoms with Gasteiger partial charge in [-0.05, 0) is 46.0 Å². The first kappa shape index (κ1) is 8.16. The maximum atomic E-state index is 13.1. The van der Waals surface area contributed by atoms with Gasteiger partial charge in [0, 0.05) is 10.7 Å². The topological polar surface area (TPSA) is 0 Å². The van der Waals surface area contributed by atoms with Gasteiger partial charge in [0.15, 0.2) is 0 Å². The van der Waals surface area contributed by atoms with E-state index >= 15 is 0 Å². The second kappa shape index (κ2) is 2.08. The van der Waals surface area contributed by atoms with Gasteiger partial charge in [0.05, 0.1) is 0 Å². The lowest BCUT2D eigenvalue weighted by Gasteiger charge is -2.21. The zero-order valence-electron chi connectivity index (χ0n) is 6.18. The second-order valence-electron chi connectivity index (χ2n) is 4.23. The van der Waals surface area contributed by atoms with E-state index in [4.69, 9.17) is 0 Å². The fraction of sp³-hybridized carbons (Fsp3) is 1.00. The molecule has 0 spiro atoms. The van der Waals surface area contributed by atoms with E-state index < -0.39 is 10.7 Å². The molecule has 4 bridgehead atoms. The number of rotatable bonds is 1. The van der Waals surface area contributed by atoms with Crippen LogP contribution in [0.25, 0.3) is 0 Å². The molecule has 0 nitrogen and oxygen atoms in total. The van der Waals surface area contributed by atoms with Crippen LogP contribution >= 0.6 is 31.9 Å². The molecule has 4 rings (SSSR count). The Labute approximate surface area is 86.3 Å². The van der Waals surface area contributed by atoms with Gasteiger partial charge in [-0.3, -0.25) is 0 Å². The van der Waals surface area contributed by atoms with Crippen LogP contribution in [0.4, 0.5) is 8.78 Å². The molecule has 4 heteroatoms. The summed E-state index contributed by atoms with van der Waals surface area (Å²) in [5.74, 6) is 1.33. The van der Waals surface area contributed by atoms with E-state index in [1.54, 1.807) is 0 Å². The zero-order chi connectivity index (χ0) is 8.67. The Hall–Kier alpha value is 0.820. The van der Waals surface area contributed by atoms with Crippen LogP contribution in [-0.2, 0) is 0 Å². The molecule has 68 valence electrons. The van der Waals surface area contributed by atoms with E-state index in [9.17, 15) is 8.78 Å². The highest BCUT2D eigenvalue weighted by Crippen LogP contribution is 2.77. The van der Waals surface area contributed by atoms with E-state index in [0.717, 1.165) is 6.42 Å². The summed E-state index contributed by atoms with van der Waals surface area (Å²) in [4.78, 5) is -2.25. The molecular weight excluding hydrogens is 294 g/mol. The number of hydrogen-bond donors (Lipinski definition) is 0. The van der Waals surface area contributed by atoms with Crippen LogP contribution in [0.3, 0.4) is 0 Å². The molecule has 4 aliphatic rings. The van der Waals surface area contributed by atoms with Gasteiger partial charge in [0.2, 0.25) is 0 Å². The molecule has 0 aromatic carbocycles. The van der Waals surface area contributed by atoms with E-state index in [1.807, 2.05) is 0 Å². The van der Waals surface area contributed by atoms with E-state index in [2.05, 4.69) is 31.9 Å². The Morgan fingerprint density at radius 3 is 2.00 bits per heavy atom. The highest BCUT2D eigenvalue weighted by molar-refractivity contribution is 9.10. The van der Waals surface area contributed by atoms with Crippen LogP contribution in [0.1, 0.15) is 6.42 Å². The third-order valence-electron chi connectivity index (χ3n) is 3.87. The summed E-state index contributed by atoms with van der Waals surface area (Å²) in [6.07, 6.45) is 1.02. The lowest BCUT2D eigenvalue weighted by Crippen LogP contribution is -2.26. The van der Waals surface area contributed by atoms with E-state index in [1.165, 1.54) is 0 Å². The first-order valence-electron chi connectivity index (χ1n) is 4.22. The van der Waals surface area contributed by atoms with Crippen LogP contribution in [0.2, 0.25) is 0 Å². The quantitative estimate of drug-likeness (QED) is 0.652. The second-order valence-corrected chi connectivity index (χ2v) is 6.34. The molecule has 4 aliphatic carbocycles. The summed E-state index contributed by atoms with van der Waals surface area (Å²) < 4.78 is 26.1. The molecule has 3 unspecified atom stereocenters. The lowest BCUT2D eigenvalue weighted by atomic mass is 9.99. The fourth-order valence-corrected chi connectivity index (χ4v) is 5.45. The Morgan fingerprint density at radius 2 is 1.83 bits per heavy atom. The molecule has 4 fully saturated rings. The summed E-state index contributed by atoms with van der Waals surface area (Å²) >= 11 is 6.04. The number of hydrogen-bond acceptors (Lipinski definition) is 0. The molecule has 0 aliphatic heterocycles. The highest BCUT2D eigenvalue weighted by Gasteiger charge is 2.77. The normalized spacial score (nSPS) is 61.0. The molecule has 0 saturated heterocycles. The van der Waals surface area contributed by atoms with Gasteiger partial charge in [0.25, 0.3) is 0 Å². The summed E-state index contributed by atoms with van der Waals surface area (Å²) in [6, 6.07) is 0. The van der Waals surface area contributed by atoms with Gasteiger partial charge in [-0.2, -0.15) is 8.78 Å². The predicted octanol–water partition coefficient (Wildman–Crippen LogP) is 3.25. The molecule has 12 heavy (non-hydrogen) atoms. The van der Waals surface area contributed by atoms with Crippen molar-refractivity contribution in [1.82, 2.24) is 0 Å². The third kappa shape index (κ3) is 0.770. The molecular formula is C8H8Br2F2. The van der Waals surface area contributed by atoms with Gasteiger partial charge >= 0.3 is 4.83 Å². The molecule has 6 atom stereocenters. The van der Waals surface area contributed by atoms with Crippen LogP contribution < -0.4 is 0 Å². The lowest BCUT2D eigenvalue weighted by molar-refractivity contribution is 0.0274. The molecule has 0 heterocycles. The van der Waals surface area contributed by atoms with Crippen molar-refractivity contribution in [1.29, 1.82) is 0 Å². The smallest absolute Gasteiger partial charge is 0.193 e. The molecule has 0 N–H and O–H groups in total. The minimum atomic E-state index is -2.63. The first-order chi connectivity index (χ1) is 5.52. The highest BCUT2D eigenvalue weighted by atomic mass is 79.9. The Balaban J connectivity index is 1.94. The van der Waals surface area contributed by atoms with Crippen LogP contribution in [0, 0.1) is 29.6 Å². The maximum absolute atomic E-state index is 13.1. The molecule has 0 aromatic heterocycles. The van der Waals surface area contributed by atoms with Crippen molar-refractivity contribution in [3.63, 3.8) is 0 Å². The molecule has 0 radical (unpaired) electrons. The zero-order valence-corrected chi connectivity index (χ0v) is 9.36. The first-order valence-corrected chi connectivity index (χ1v) is 5.93. The molecule has 0 aromatic rings. The van der Waals surface area contributed by atoms with Crippen molar-refractivity contribution >= 4 is 31.9 Å². The van der Waals surface area contributed by atoms with E-state index in [0.29, 0.717) is 22.6 Å². The monoisotopic (exact) mass is 300 g/mol. The van der Waals surface area contributed by atoms with Gasteiger partial charge in [-0.1, -0.05) is 15.9 Å². The van der Waals surface area contributed by atoms with Crippen LogP contribution in [0.15, 0.2) is 0 Å². The summed E-state index contributed by atoms with van der Waals surface area (Å²) in [6.45, 7) is 0. The summed E-state index contributed by atoms with van der Waals surface area (Å²) in [7, 11) is 0. The van der Waals surface area contributed by atoms with Gasteiger partial charge < -0.3 is 0 Å². The largest absolute Gasteiger partial charge is 0.304 e. The molecule has 0 amide bonds. The van der Waals surface area contributed by atoms with Crippen molar-refractivity contribution in [3.8, 4) is 0 Å². The van der Waals surface area contributed by atoms with Crippen LogP contribution in [0.5, 0.6) is 0 Å². The van der Waals surface area contributed by atoms with Gasteiger partial charge in [-0.15, -0.1) is 0 Å². The summed E-state index contributed by atoms with van der Waals surface area (Å²) in [5.41, 5.74) is 0. The van der Waals surface area contributed by atoms with Crippen LogP contribution in [-0.4, -0.2) is 9.66 Å². The van der Waals surface area contributed by atoms with Crippen molar-refractivity contribution < 1.29 is 8.78 Å². The van der Waals surface area contributed by atoms with Crippen molar-refractivity contribution in [2.45, 2.75) is 16.1 Å². The Kier molecular flexibility index (Phi) is 1.41. The minimum absolute atomic E-state index is 0.222.